The summed E-state index contributed by atoms with van der Waals surface area (Å²) < 4.78 is 0. The van der Waals surface area contributed by atoms with E-state index in [-0.39, 0.29) is 5.92 Å². The number of benzene rings is 1. The molecule has 2 amide bonds. The van der Waals surface area contributed by atoms with Gasteiger partial charge < -0.3 is 25.3 Å². The number of hydrogen-bond acceptors (Lipinski definition) is 7. The zero-order valence-electron chi connectivity index (χ0n) is 19.1. The number of aromatic nitrogens is 1. The van der Waals surface area contributed by atoms with Crippen LogP contribution in [0.2, 0.25) is 0 Å². The smallest absolute Gasteiger partial charge is 0.255 e. The number of aliphatic hydroxyl groups is 2. The Hall–Kier alpha value is -3.48. The van der Waals surface area contributed by atoms with E-state index in [1.807, 2.05) is 31.2 Å². The zero-order valence-corrected chi connectivity index (χ0v) is 19.1. The Morgan fingerprint density at radius 1 is 1.18 bits per heavy atom. The van der Waals surface area contributed by atoms with Gasteiger partial charge >= 0.3 is 0 Å². The Bertz CT molecular complexity index is 1080. The van der Waals surface area contributed by atoms with E-state index >= 15 is 0 Å². The van der Waals surface area contributed by atoms with Crippen molar-refractivity contribution in [1.82, 2.24) is 15.2 Å². The van der Waals surface area contributed by atoms with E-state index in [0.29, 0.717) is 25.2 Å². The molecule has 4 rings (SSSR count). The van der Waals surface area contributed by atoms with Gasteiger partial charge in [0.2, 0.25) is 0 Å². The molecule has 0 spiro atoms. The van der Waals surface area contributed by atoms with Crippen molar-refractivity contribution in [3.05, 3.63) is 58.9 Å². The lowest BCUT2D eigenvalue weighted by Gasteiger charge is -2.34. The molecule has 2 aliphatic rings. The second-order valence-electron chi connectivity index (χ2n) is 9.04. The minimum absolute atomic E-state index is 0.205. The molecule has 9 heteroatoms. The molecule has 0 unspecified atom stereocenters. The molecule has 1 fully saturated rings. The van der Waals surface area contributed by atoms with Crippen LogP contribution in [0, 0.1) is 24.2 Å². The minimum atomic E-state index is -1.83. The van der Waals surface area contributed by atoms with Crippen LogP contribution < -0.4 is 10.2 Å². The highest BCUT2D eigenvalue weighted by atomic mass is 16.3. The first-order chi connectivity index (χ1) is 16.4. The summed E-state index contributed by atoms with van der Waals surface area (Å²) in [4.78, 5) is 32.6. The van der Waals surface area contributed by atoms with Gasteiger partial charge in [0.15, 0.2) is 12.2 Å². The van der Waals surface area contributed by atoms with Crippen molar-refractivity contribution in [2.75, 3.05) is 24.5 Å². The number of hydrogen-bond donors (Lipinski definition) is 3. The van der Waals surface area contributed by atoms with Crippen LogP contribution in [0.4, 0.5) is 5.69 Å². The molecular formula is C25H29N5O4. The molecule has 1 aromatic heterocycles. The minimum Gasteiger partial charge on any atom is -0.380 e. The maximum absolute atomic E-state index is 12.6. The van der Waals surface area contributed by atoms with Crippen molar-refractivity contribution in [1.29, 1.82) is 5.26 Å². The van der Waals surface area contributed by atoms with E-state index in [0.717, 1.165) is 48.3 Å². The van der Waals surface area contributed by atoms with Crippen LogP contribution in [0.3, 0.4) is 0 Å². The van der Waals surface area contributed by atoms with Gasteiger partial charge in [-0.05, 0) is 60.6 Å². The van der Waals surface area contributed by atoms with Gasteiger partial charge in [-0.25, -0.2) is 0 Å². The summed E-state index contributed by atoms with van der Waals surface area (Å²) >= 11 is 0. The second-order valence-corrected chi connectivity index (χ2v) is 9.04. The average molecular weight is 464 g/mol. The van der Waals surface area contributed by atoms with Crippen LogP contribution in [0.15, 0.2) is 36.7 Å². The van der Waals surface area contributed by atoms with Crippen LogP contribution in [0.25, 0.3) is 0 Å². The van der Waals surface area contributed by atoms with E-state index in [9.17, 15) is 25.1 Å². The fourth-order valence-electron chi connectivity index (χ4n) is 4.58. The van der Waals surface area contributed by atoms with Crippen molar-refractivity contribution in [2.24, 2.45) is 5.92 Å². The standard InChI is InChI=1S/C25H29N5O4/c1-16-2-3-21(19(10-16)11-26)29-8-5-17(6-9-29)12-28-24(33)22(31)23(32)25(34)30-14-18-4-7-27-13-20(18)15-30/h2-4,7,10,13,17,22-23,31-32H,5-6,8-9,12,14-15H2,1H3,(H,28,33)/t22-,23-/m1/s1. The van der Waals surface area contributed by atoms with Crippen molar-refractivity contribution >= 4 is 17.5 Å². The zero-order chi connectivity index (χ0) is 24.2. The van der Waals surface area contributed by atoms with Crippen LogP contribution >= 0.6 is 0 Å². The molecule has 3 heterocycles. The summed E-state index contributed by atoms with van der Waals surface area (Å²) in [6.45, 7) is 4.43. The van der Waals surface area contributed by atoms with Crippen molar-refractivity contribution < 1.29 is 19.8 Å². The van der Waals surface area contributed by atoms with E-state index in [1.54, 1.807) is 12.4 Å². The van der Waals surface area contributed by atoms with Crippen molar-refractivity contribution in [3.63, 3.8) is 0 Å². The Morgan fingerprint density at radius 2 is 1.91 bits per heavy atom. The van der Waals surface area contributed by atoms with E-state index in [2.05, 4.69) is 21.3 Å². The summed E-state index contributed by atoms with van der Waals surface area (Å²) in [5.41, 5.74) is 4.45. The van der Waals surface area contributed by atoms with Gasteiger partial charge in [-0.2, -0.15) is 5.26 Å². The number of pyridine rings is 1. The molecule has 1 aromatic carbocycles. The van der Waals surface area contributed by atoms with Crippen LogP contribution in [0.1, 0.15) is 35.1 Å². The van der Waals surface area contributed by atoms with Crippen LogP contribution in [-0.4, -0.2) is 63.8 Å². The molecule has 34 heavy (non-hydrogen) atoms. The molecular weight excluding hydrogens is 434 g/mol. The third kappa shape index (κ3) is 5.03. The summed E-state index contributed by atoms with van der Waals surface area (Å²) in [5, 5.41) is 32.7. The molecule has 0 aliphatic carbocycles. The molecule has 2 aromatic rings. The van der Waals surface area contributed by atoms with Gasteiger partial charge in [0.25, 0.3) is 11.8 Å². The highest BCUT2D eigenvalue weighted by molar-refractivity contribution is 5.90. The highest BCUT2D eigenvalue weighted by Crippen LogP contribution is 2.27. The van der Waals surface area contributed by atoms with Gasteiger partial charge in [0, 0.05) is 45.1 Å². The van der Waals surface area contributed by atoms with Crippen LogP contribution in [-0.2, 0) is 22.7 Å². The van der Waals surface area contributed by atoms with Crippen LogP contribution in [0.5, 0.6) is 0 Å². The number of nitrogens with zero attached hydrogens (tertiary/aromatic N) is 4. The Balaban J connectivity index is 1.24. The number of anilines is 1. The number of nitrogens with one attached hydrogen (secondary N) is 1. The Morgan fingerprint density at radius 3 is 2.62 bits per heavy atom. The normalized spacial score (nSPS) is 17.6. The lowest BCUT2D eigenvalue weighted by Crippen LogP contribution is -2.50. The maximum atomic E-state index is 12.6. The molecule has 0 radical (unpaired) electrons. The predicted octanol–water partition coefficient (Wildman–Crippen LogP) is 0.859. The largest absolute Gasteiger partial charge is 0.380 e. The molecule has 3 N–H and O–H groups in total. The lowest BCUT2D eigenvalue weighted by atomic mass is 9.95. The summed E-state index contributed by atoms with van der Waals surface area (Å²) in [6, 6.07) is 9.92. The number of fused-ring (bicyclic) bond motifs is 1. The van der Waals surface area contributed by atoms with Gasteiger partial charge in [-0.1, -0.05) is 6.07 Å². The van der Waals surface area contributed by atoms with Gasteiger partial charge in [0.1, 0.15) is 6.07 Å². The van der Waals surface area contributed by atoms with Crippen molar-refractivity contribution in [2.45, 2.75) is 45.1 Å². The molecule has 1 saturated heterocycles. The number of carbonyl (C=O) groups is 2. The second kappa shape index (κ2) is 10.2. The third-order valence-electron chi connectivity index (χ3n) is 6.65. The highest BCUT2D eigenvalue weighted by Gasteiger charge is 2.35. The van der Waals surface area contributed by atoms with E-state index in [4.69, 9.17) is 0 Å². The molecule has 2 atom stereocenters. The fourth-order valence-corrected chi connectivity index (χ4v) is 4.58. The SMILES string of the molecule is Cc1ccc(N2CCC(CNC(=O)[C@H](O)[C@@H](O)C(=O)N3Cc4ccncc4C3)CC2)c(C#N)c1. The maximum Gasteiger partial charge on any atom is 0.255 e. The summed E-state index contributed by atoms with van der Waals surface area (Å²) in [6.07, 6.45) is 1.28. The average Bonchev–Trinajstić information content (AvgIpc) is 3.30. The number of rotatable bonds is 6. The molecule has 178 valence electrons. The number of aliphatic hydroxyl groups excluding tert-OH is 2. The summed E-state index contributed by atoms with van der Waals surface area (Å²) in [7, 11) is 0. The van der Waals surface area contributed by atoms with Gasteiger partial charge in [-0.3, -0.25) is 14.6 Å². The lowest BCUT2D eigenvalue weighted by molar-refractivity contribution is -0.153. The van der Waals surface area contributed by atoms with E-state index in [1.165, 1.54) is 4.90 Å². The number of aryl methyl sites for hydroxylation is 1. The number of amides is 2. The summed E-state index contributed by atoms with van der Waals surface area (Å²) in [5.74, 6) is -1.23. The first-order valence-corrected chi connectivity index (χ1v) is 11.5. The number of nitriles is 1. The molecule has 0 saturated carbocycles. The molecule has 2 aliphatic heterocycles. The molecule has 9 nitrogen and oxygen atoms in total. The monoisotopic (exact) mass is 463 g/mol. The third-order valence-corrected chi connectivity index (χ3v) is 6.65. The first-order valence-electron chi connectivity index (χ1n) is 11.5. The number of carbonyl (C=O) groups excluding carboxylic acids is 2. The Kier molecular flexibility index (Phi) is 7.10. The van der Waals surface area contributed by atoms with Crippen molar-refractivity contribution in [3.8, 4) is 6.07 Å². The fraction of sp³-hybridized carbons (Fsp3) is 0.440. The quantitative estimate of drug-likeness (QED) is 0.579. The topological polar surface area (TPSA) is 130 Å². The van der Waals surface area contributed by atoms with E-state index < -0.39 is 24.0 Å². The number of piperidine rings is 1. The van der Waals surface area contributed by atoms with Gasteiger partial charge in [0.05, 0.1) is 11.3 Å². The first kappa shape index (κ1) is 23.7. The molecule has 0 bridgehead atoms. The Labute approximate surface area is 198 Å². The predicted molar refractivity (Wildman–Crippen MR) is 124 cm³/mol. The van der Waals surface area contributed by atoms with Gasteiger partial charge in [-0.15, -0.1) is 0 Å².